The number of carbonyl (C=O) groups is 1. The fraction of sp³-hybridized carbons (Fsp3) is 0.857. The molecule has 0 unspecified atom stereocenters. The number of carbonyl (C=O) groups excluding carboxylic acids is 1. The van der Waals surface area contributed by atoms with Crippen LogP contribution in [0.1, 0.15) is 33.6 Å². The maximum atomic E-state index is 12.2. The van der Waals surface area contributed by atoms with Gasteiger partial charge in [-0.1, -0.05) is 20.4 Å². The van der Waals surface area contributed by atoms with Gasteiger partial charge in [-0.05, 0) is 30.8 Å². The number of hydrogen-bond acceptors (Lipinski definition) is 10. The Kier molecular flexibility index (Phi) is 9.00. The monoisotopic (exact) mass is 448 g/mol. The van der Waals surface area contributed by atoms with Gasteiger partial charge < -0.3 is 44.8 Å². The van der Waals surface area contributed by atoms with Gasteiger partial charge in [-0.15, -0.1) is 0 Å². The SMILES string of the molecule is C=C(CO)[C@H]1C[C@H](OC(=O)CC(C)C)[C@@](C)(O)[C@H]1CO[C@H]1O[C@H](CO)[C@@H](O)[C@H](O)[C@H]1O. The molecule has 2 fully saturated rings. The smallest absolute Gasteiger partial charge is 0.306 e. The van der Waals surface area contributed by atoms with Gasteiger partial charge in [-0.2, -0.15) is 0 Å². The second-order valence-electron chi connectivity index (χ2n) is 9.10. The second kappa shape index (κ2) is 10.7. The fourth-order valence-electron chi connectivity index (χ4n) is 4.24. The standard InChI is InChI=1S/C21H36O10/c1-10(2)5-16(24)31-15-6-12(11(3)7-22)13(21(15,4)28)9-29-20-19(27)18(26)17(25)14(8-23)30-20/h10,12-15,17-20,22-23,25-28H,3,5-9H2,1-2,4H3/t12-,13+,14-,15+,17-,18+,19-,20+,21+/m1/s1. The highest BCUT2D eigenvalue weighted by Gasteiger charge is 2.54. The summed E-state index contributed by atoms with van der Waals surface area (Å²) in [6, 6.07) is 0. The molecule has 10 heteroatoms. The number of aliphatic hydroxyl groups excluding tert-OH is 5. The van der Waals surface area contributed by atoms with Crippen LogP contribution in [0.25, 0.3) is 0 Å². The van der Waals surface area contributed by atoms with Crippen LogP contribution < -0.4 is 0 Å². The summed E-state index contributed by atoms with van der Waals surface area (Å²) in [5, 5.41) is 60.1. The predicted molar refractivity (Wildman–Crippen MR) is 108 cm³/mol. The van der Waals surface area contributed by atoms with Gasteiger partial charge in [-0.3, -0.25) is 4.79 Å². The molecule has 1 aliphatic heterocycles. The summed E-state index contributed by atoms with van der Waals surface area (Å²) in [7, 11) is 0. The predicted octanol–water partition coefficient (Wildman–Crippen LogP) is -1.30. The molecule has 0 amide bonds. The summed E-state index contributed by atoms with van der Waals surface area (Å²) in [4.78, 5) is 12.2. The minimum Gasteiger partial charge on any atom is -0.459 e. The average molecular weight is 449 g/mol. The zero-order valence-electron chi connectivity index (χ0n) is 18.3. The van der Waals surface area contributed by atoms with Crippen LogP contribution in [0.3, 0.4) is 0 Å². The lowest BCUT2D eigenvalue weighted by molar-refractivity contribution is -0.306. The minimum atomic E-state index is -1.59. The number of ether oxygens (including phenoxy) is 3. The fourth-order valence-corrected chi connectivity index (χ4v) is 4.24. The Hall–Kier alpha value is -1.11. The van der Waals surface area contributed by atoms with Crippen LogP contribution in [0.15, 0.2) is 12.2 Å². The van der Waals surface area contributed by atoms with Crippen LogP contribution in [-0.2, 0) is 19.0 Å². The van der Waals surface area contributed by atoms with Crippen LogP contribution in [0, 0.1) is 17.8 Å². The van der Waals surface area contributed by atoms with E-state index in [2.05, 4.69) is 6.58 Å². The zero-order valence-corrected chi connectivity index (χ0v) is 18.3. The largest absolute Gasteiger partial charge is 0.459 e. The van der Waals surface area contributed by atoms with Crippen LogP contribution in [0.2, 0.25) is 0 Å². The van der Waals surface area contributed by atoms with Crippen molar-refractivity contribution in [1.82, 2.24) is 0 Å². The first-order chi connectivity index (χ1) is 14.4. The highest BCUT2D eigenvalue weighted by Crippen LogP contribution is 2.45. The summed E-state index contributed by atoms with van der Waals surface area (Å²) in [5.41, 5.74) is -1.09. The van der Waals surface area contributed by atoms with Gasteiger partial charge in [-0.25, -0.2) is 0 Å². The van der Waals surface area contributed by atoms with Gasteiger partial charge in [0.05, 0.1) is 19.8 Å². The Morgan fingerprint density at radius 3 is 2.39 bits per heavy atom. The molecular weight excluding hydrogens is 412 g/mol. The molecule has 1 aliphatic carbocycles. The average Bonchev–Trinajstić information content (AvgIpc) is 2.94. The molecule has 10 nitrogen and oxygen atoms in total. The third-order valence-electron chi connectivity index (χ3n) is 6.22. The van der Waals surface area contributed by atoms with Crippen molar-refractivity contribution >= 4 is 5.97 Å². The van der Waals surface area contributed by atoms with Gasteiger partial charge in [0.2, 0.25) is 0 Å². The Balaban J connectivity index is 2.14. The lowest BCUT2D eigenvalue weighted by Gasteiger charge is -2.41. The molecule has 31 heavy (non-hydrogen) atoms. The quantitative estimate of drug-likeness (QED) is 0.184. The first-order valence-corrected chi connectivity index (χ1v) is 10.6. The van der Waals surface area contributed by atoms with Crippen molar-refractivity contribution in [2.45, 2.75) is 76.0 Å². The van der Waals surface area contributed by atoms with E-state index in [0.717, 1.165) is 0 Å². The van der Waals surface area contributed by atoms with Crippen LogP contribution in [0.4, 0.5) is 0 Å². The number of hydrogen-bond donors (Lipinski definition) is 6. The van der Waals surface area contributed by atoms with Gasteiger partial charge in [0.25, 0.3) is 0 Å². The van der Waals surface area contributed by atoms with E-state index >= 15 is 0 Å². The summed E-state index contributed by atoms with van der Waals surface area (Å²) in [6.45, 7) is 8.00. The Bertz CT molecular complexity index is 619. The van der Waals surface area contributed by atoms with E-state index in [9.17, 15) is 35.4 Å². The lowest BCUT2D eigenvalue weighted by atomic mass is 9.84. The Morgan fingerprint density at radius 2 is 1.84 bits per heavy atom. The molecule has 2 aliphatic rings. The maximum Gasteiger partial charge on any atom is 0.306 e. The highest BCUT2D eigenvalue weighted by molar-refractivity contribution is 5.70. The lowest BCUT2D eigenvalue weighted by Crippen LogP contribution is -2.59. The summed E-state index contributed by atoms with van der Waals surface area (Å²) in [5.74, 6) is -1.46. The zero-order chi connectivity index (χ0) is 23.5. The molecule has 9 atom stereocenters. The third kappa shape index (κ3) is 5.82. The molecule has 6 N–H and O–H groups in total. The molecule has 0 radical (unpaired) electrons. The Morgan fingerprint density at radius 1 is 1.19 bits per heavy atom. The molecule has 0 aromatic heterocycles. The molecule has 1 saturated carbocycles. The van der Waals surface area contributed by atoms with Crippen LogP contribution in [0.5, 0.6) is 0 Å². The first-order valence-electron chi connectivity index (χ1n) is 10.6. The van der Waals surface area contributed by atoms with Crippen molar-refractivity contribution in [1.29, 1.82) is 0 Å². The van der Waals surface area contributed by atoms with Gasteiger partial charge in [0, 0.05) is 12.3 Å². The molecule has 1 saturated heterocycles. The highest BCUT2D eigenvalue weighted by atomic mass is 16.7. The molecule has 0 spiro atoms. The number of aliphatic hydroxyl groups is 6. The normalized spacial score (nSPS) is 40.8. The second-order valence-corrected chi connectivity index (χ2v) is 9.10. The van der Waals surface area contributed by atoms with Crippen molar-refractivity contribution in [3.05, 3.63) is 12.2 Å². The third-order valence-corrected chi connectivity index (χ3v) is 6.22. The molecule has 180 valence electrons. The van der Waals surface area contributed by atoms with Crippen molar-refractivity contribution in [3.63, 3.8) is 0 Å². The van der Waals surface area contributed by atoms with E-state index in [1.165, 1.54) is 6.92 Å². The van der Waals surface area contributed by atoms with Crippen molar-refractivity contribution < 1.29 is 49.6 Å². The van der Waals surface area contributed by atoms with E-state index < -0.39 is 66.8 Å². The molecule has 0 aromatic carbocycles. The minimum absolute atomic E-state index is 0.0902. The van der Waals surface area contributed by atoms with E-state index in [-0.39, 0.29) is 32.0 Å². The molecule has 2 rings (SSSR count). The van der Waals surface area contributed by atoms with Crippen LogP contribution in [-0.4, -0.2) is 98.8 Å². The molecule has 1 heterocycles. The topological polar surface area (TPSA) is 166 Å². The number of esters is 1. The Labute approximate surface area is 182 Å². The van der Waals surface area contributed by atoms with Gasteiger partial charge >= 0.3 is 5.97 Å². The van der Waals surface area contributed by atoms with Crippen LogP contribution >= 0.6 is 0 Å². The summed E-state index contributed by atoms with van der Waals surface area (Å²) >= 11 is 0. The summed E-state index contributed by atoms with van der Waals surface area (Å²) in [6.07, 6.45) is -7.59. The first kappa shape index (κ1) is 26.1. The molecular formula is C21H36O10. The van der Waals surface area contributed by atoms with E-state index in [1.54, 1.807) is 0 Å². The van der Waals surface area contributed by atoms with Crippen molar-refractivity contribution in [2.75, 3.05) is 19.8 Å². The number of rotatable bonds is 9. The van der Waals surface area contributed by atoms with Crippen molar-refractivity contribution in [3.8, 4) is 0 Å². The van der Waals surface area contributed by atoms with Crippen molar-refractivity contribution in [2.24, 2.45) is 17.8 Å². The van der Waals surface area contributed by atoms with Gasteiger partial charge in [0.15, 0.2) is 6.29 Å². The van der Waals surface area contributed by atoms with E-state index in [4.69, 9.17) is 14.2 Å². The van der Waals surface area contributed by atoms with E-state index in [1.807, 2.05) is 13.8 Å². The summed E-state index contributed by atoms with van der Waals surface area (Å²) < 4.78 is 16.5. The van der Waals surface area contributed by atoms with Gasteiger partial charge in [0.1, 0.15) is 36.1 Å². The van der Waals surface area contributed by atoms with E-state index in [0.29, 0.717) is 5.57 Å². The maximum absolute atomic E-state index is 12.2. The molecule has 0 bridgehead atoms. The molecule has 0 aromatic rings.